The number of nitrogens with zero attached hydrogens (tertiary/aromatic N) is 2. The van der Waals surface area contributed by atoms with E-state index in [9.17, 15) is 23.1 Å². The number of morpholine rings is 1. The van der Waals surface area contributed by atoms with E-state index in [0.29, 0.717) is 41.6 Å². The molecule has 0 aliphatic carbocycles. The first-order valence-corrected chi connectivity index (χ1v) is 11.9. The van der Waals surface area contributed by atoms with Crippen molar-refractivity contribution in [3.63, 3.8) is 0 Å². The molecule has 1 amide bonds. The zero-order chi connectivity index (χ0) is 27.2. The summed E-state index contributed by atoms with van der Waals surface area (Å²) in [5, 5.41) is 12.3. The van der Waals surface area contributed by atoms with E-state index in [1.807, 2.05) is 0 Å². The van der Waals surface area contributed by atoms with Gasteiger partial charge in [-0.05, 0) is 60.0 Å². The van der Waals surface area contributed by atoms with Crippen LogP contribution in [0.5, 0.6) is 0 Å². The zero-order valence-electron chi connectivity index (χ0n) is 20.3. The number of halogens is 5. The van der Waals surface area contributed by atoms with E-state index >= 15 is 8.78 Å². The van der Waals surface area contributed by atoms with Gasteiger partial charge in [0.25, 0.3) is 5.91 Å². The van der Waals surface area contributed by atoms with Crippen LogP contribution in [-0.4, -0.2) is 54.1 Å². The Hall–Kier alpha value is -3.57. The summed E-state index contributed by atoms with van der Waals surface area (Å²) in [6, 6.07) is 8.76. The Labute approximate surface area is 215 Å². The number of anilines is 2. The van der Waals surface area contributed by atoms with Crippen LogP contribution in [0.3, 0.4) is 0 Å². The maximum atomic E-state index is 15.5. The van der Waals surface area contributed by atoms with Crippen molar-refractivity contribution in [2.24, 2.45) is 0 Å². The second-order valence-electron chi connectivity index (χ2n) is 9.53. The Morgan fingerprint density at radius 1 is 1.21 bits per heavy atom. The molecule has 1 aromatic heterocycles. The number of aryl methyl sites for hydroxylation is 1. The van der Waals surface area contributed by atoms with Gasteiger partial charge in [-0.3, -0.25) is 9.78 Å². The molecule has 0 spiro atoms. The summed E-state index contributed by atoms with van der Waals surface area (Å²) in [6.07, 6.45) is -3.96. The number of amides is 1. The molecule has 38 heavy (non-hydrogen) atoms. The average molecular weight is 533 g/mol. The number of pyridine rings is 1. The monoisotopic (exact) mass is 533 g/mol. The second kappa shape index (κ2) is 9.63. The minimum absolute atomic E-state index is 0.0921. The molecule has 2 N–H and O–H groups in total. The first kappa shape index (κ1) is 26.1. The number of carbonyl (C=O) groups is 1. The summed E-state index contributed by atoms with van der Waals surface area (Å²) in [4.78, 5) is 17.7. The maximum Gasteiger partial charge on any atom is 0.433 e. The normalized spacial score (nSPS) is 21.0. The molecule has 0 bridgehead atoms. The number of nitrogens with one attached hydrogen (secondary N) is 1. The Bertz CT molecular complexity index is 1400. The number of hydrogen-bond acceptors (Lipinski definition) is 5. The molecule has 2 aliphatic heterocycles. The predicted molar refractivity (Wildman–Crippen MR) is 130 cm³/mol. The fourth-order valence-corrected chi connectivity index (χ4v) is 5.05. The Balaban J connectivity index is 1.49. The van der Waals surface area contributed by atoms with E-state index in [-0.39, 0.29) is 29.8 Å². The summed E-state index contributed by atoms with van der Waals surface area (Å²) >= 11 is 0. The number of alkyl halides is 4. The lowest BCUT2D eigenvalue weighted by molar-refractivity contribution is -0.141. The average Bonchev–Trinajstić information content (AvgIpc) is 2.89. The van der Waals surface area contributed by atoms with Crippen molar-refractivity contribution < 1.29 is 36.6 Å². The molecule has 3 heterocycles. The number of aliphatic hydroxyl groups excluding tert-OH is 1. The van der Waals surface area contributed by atoms with Crippen LogP contribution in [0.2, 0.25) is 0 Å². The van der Waals surface area contributed by atoms with Crippen molar-refractivity contribution in [2.45, 2.75) is 31.2 Å². The van der Waals surface area contributed by atoms with Gasteiger partial charge in [-0.1, -0.05) is 6.07 Å². The molecule has 0 saturated carbocycles. The molecule has 5 rings (SSSR count). The largest absolute Gasteiger partial charge is 0.433 e. The molecule has 1 fully saturated rings. The van der Waals surface area contributed by atoms with Crippen LogP contribution in [0.25, 0.3) is 11.1 Å². The van der Waals surface area contributed by atoms with Gasteiger partial charge in [-0.25, -0.2) is 8.78 Å². The molecule has 200 valence electrons. The number of carbonyl (C=O) groups excluding carboxylic acids is 1. The van der Waals surface area contributed by atoms with E-state index in [1.54, 1.807) is 30.0 Å². The molecule has 3 aromatic rings. The Morgan fingerprint density at radius 2 is 2.00 bits per heavy atom. The number of rotatable bonds is 4. The SMILES string of the molecule is Cc1ccc(NC(=O)c2ccnc(C(F)(F)F)c2)cc1-c1cc2c(cc1F)C[C@@](F)(CO)[C@@H]1COCCN21. The van der Waals surface area contributed by atoms with Crippen LogP contribution < -0.4 is 10.2 Å². The van der Waals surface area contributed by atoms with E-state index < -0.39 is 41.9 Å². The predicted octanol–water partition coefficient (Wildman–Crippen LogP) is 4.93. The van der Waals surface area contributed by atoms with Crippen molar-refractivity contribution in [3.8, 4) is 11.1 Å². The molecular weight excluding hydrogens is 509 g/mol. The van der Waals surface area contributed by atoms with E-state index in [0.717, 1.165) is 6.20 Å². The first-order valence-electron chi connectivity index (χ1n) is 11.9. The number of aliphatic hydroxyl groups is 1. The van der Waals surface area contributed by atoms with Crippen LogP contribution in [0.4, 0.5) is 33.3 Å². The molecule has 0 unspecified atom stereocenters. The van der Waals surface area contributed by atoms with E-state index in [1.165, 1.54) is 18.2 Å². The second-order valence-corrected chi connectivity index (χ2v) is 9.53. The summed E-state index contributed by atoms with van der Waals surface area (Å²) in [7, 11) is 0. The minimum Gasteiger partial charge on any atom is -0.393 e. The fraction of sp³-hybridized carbons (Fsp3) is 0.333. The highest BCUT2D eigenvalue weighted by Crippen LogP contribution is 2.43. The van der Waals surface area contributed by atoms with Crippen molar-refractivity contribution in [3.05, 3.63) is 76.9 Å². The third-order valence-corrected chi connectivity index (χ3v) is 7.05. The Morgan fingerprint density at radius 3 is 2.74 bits per heavy atom. The highest BCUT2D eigenvalue weighted by atomic mass is 19.4. The van der Waals surface area contributed by atoms with Crippen LogP contribution in [0.15, 0.2) is 48.7 Å². The van der Waals surface area contributed by atoms with Gasteiger partial charge in [0.05, 0.1) is 25.9 Å². The zero-order valence-corrected chi connectivity index (χ0v) is 20.3. The quantitative estimate of drug-likeness (QED) is 0.466. The van der Waals surface area contributed by atoms with Crippen molar-refractivity contribution in [1.82, 2.24) is 4.98 Å². The molecule has 11 heteroatoms. The van der Waals surface area contributed by atoms with Crippen molar-refractivity contribution >= 4 is 17.3 Å². The van der Waals surface area contributed by atoms with Gasteiger partial charge in [0.15, 0.2) is 5.67 Å². The molecule has 1 saturated heterocycles. The van der Waals surface area contributed by atoms with E-state index in [2.05, 4.69) is 10.3 Å². The van der Waals surface area contributed by atoms with Crippen molar-refractivity contribution in [1.29, 1.82) is 0 Å². The lowest BCUT2D eigenvalue weighted by Crippen LogP contribution is -2.62. The molecule has 2 aromatic carbocycles. The fourth-order valence-electron chi connectivity index (χ4n) is 5.05. The maximum absolute atomic E-state index is 15.5. The molecular formula is C27H24F5N3O3. The van der Waals surface area contributed by atoms with Gasteiger partial charge in [-0.2, -0.15) is 13.2 Å². The van der Waals surface area contributed by atoms with Crippen LogP contribution in [0.1, 0.15) is 27.2 Å². The lowest BCUT2D eigenvalue weighted by Gasteiger charge is -2.48. The smallest absolute Gasteiger partial charge is 0.393 e. The number of fused-ring (bicyclic) bond motifs is 3. The van der Waals surface area contributed by atoms with Crippen LogP contribution in [0, 0.1) is 12.7 Å². The van der Waals surface area contributed by atoms with Crippen LogP contribution in [-0.2, 0) is 17.3 Å². The summed E-state index contributed by atoms with van der Waals surface area (Å²) in [5.41, 5.74) is -0.695. The summed E-state index contributed by atoms with van der Waals surface area (Å²) < 4.78 is 75.4. The number of hydrogen-bond donors (Lipinski definition) is 2. The van der Waals surface area contributed by atoms with Crippen LogP contribution >= 0.6 is 0 Å². The standard InChI is InChI=1S/C27H24F5N3O3/c1-15-2-3-18(34-25(37)16-4-5-33-23(9-16)27(30,31)32)10-19(15)20-11-22-17(8-21(20)28)12-26(29,14-36)24-13-38-7-6-35(22)24/h2-5,8-11,24,36H,6-7,12-14H2,1H3,(H,34,37)/t24-,26+/m0/s1. The number of aromatic nitrogens is 1. The molecule has 0 radical (unpaired) electrons. The third-order valence-electron chi connectivity index (χ3n) is 7.05. The van der Waals surface area contributed by atoms with Crippen molar-refractivity contribution in [2.75, 3.05) is 36.6 Å². The number of benzene rings is 2. The lowest BCUT2D eigenvalue weighted by atomic mass is 9.82. The highest BCUT2D eigenvalue weighted by Gasteiger charge is 2.48. The number of ether oxygens (including phenoxy) is 1. The molecule has 2 aliphatic rings. The van der Waals surface area contributed by atoms with Gasteiger partial charge < -0.3 is 20.1 Å². The van der Waals surface area contributed by atoms with Gasteiger partial charge in [0, 0.05) is 41.7 Å². The third kappa shape index (κ3) is 4.71. The van der Waals surface area contributed by atoms with Gasteiger partial charge >= 0.3 is 6.18 Å². The first-order chi connectivity index (χ1) is 18.0. The molecule has 6 nitrogen and oxygen atoms in total. The molecule has 2 atom stereocenters. The minimum atomic E-state index is -4.70. The Kier molecular flexibility index (Phi) is 6.60. The van der Waals surface area contributed by atoms with E-state index in [4.69, 9.17) is 4.74 Å². The summed E-state index contributed by atoms with van der Waals surface area (Å²) in [5.74, 6) is -1.38. The topological polar surface area (TPSA) is 74.7 Å². The summed E-state index contributed by atoms with van der Waals surface area (Å²) in [6.45, 7) is 1.86. The highest BCUT2D eigenvalue weighted by molar-refractivity contribution is 6.04. The van der Waals surface area contributed by atoms with Gasteiger partial charge in [-0.15, -0.1) is 0 Å². The van der Waals surface area contributed by atoms with Gasteiger partial charge in [0.2, 0.25) is 0 Å². The van der Waals surface area contributed by atoms with Gasteiger partial charge in [0.1, 0.15) is 11.5 Å².